The topological polar surface area (TPSA) is 37.3 Å². The number of hydrogen-bond donors (Lipinski definition) is 1. The molecular weight excluding hydrogens is 190 g/mol. The summed E-state index contributed by atoms with van der Waals surface area (Å²) < 4.78 is 22.4. The molecule has 0 bridgehead atoms. The van der Waals surface area contributed by atoms with E-state index in [0.717, 1.165) is 25.7 Å². The van der Waals surface area contributed by atoms with E-state index in [1.807, 2.05) is 0 Å². The van der Waals surface area contributed by atoms with Gasteiger partial charge < -0.3 is 4.89 Å². The van der Waals surface area contributed by atoms with Gasteiger partial charge in [0.15, 0.2) is 0 Å². The van der Waals surface area contributed by atoms with Gasteiger partial charge in [0, 0.05) is 0 Å². The van der Waals surface area contributed by atoms with Crippen LogP contribution in [-0.2, 0) is 4.57 Å². The quantitative estimate of drug-likeness (QED) is 0.705. The van der Waals surface area contributed by atoms with Crippen LogP contribution in [0.2, 0.25) is 0 Å². The maximum Gasteiger partial charge on any atom is 0.365 e. The number of halogens is 1. The summed E-state index contributed by atoms with van der Waals surface area (Å²) in [5, 5.41) is 0. The Morgan fingerprint density at radius 2 is 1.77 bits per heavy atom. The second-order valence-electron chi connectivity index (χ2n) is 3.66. The van der Waals surface area contributed by atoms with E-state index >= 15 is 0 Å². The molecule has 1 saturated carbocycles. The first-order valence-corrected chi connectivity index (χ1v) is 6.74. The predicted octanol–water partition coefficient (Wildman–Crippen LogP) is 3.75. The molecule has 0 amide bonds. The zero-order valence-electron chi connectivity index (χ0n) is 8.50. The standard InChI is InChI=1S/C6H12FO2P.C3H8/c7-10(8,9)5-6-3-1-2-4-6;1-3-2/h6H,1-5H2,(H,8,9);3H2,1-2H3. The molecule has 4 heteroatoms. The van der Waals surface area contributed by atoms with Crippen molar-refractivity contribution in [2.24, 2.45) is 5.92 Å². The van der Waals surface area contributed by atoms with Gasteiger partial charge in [0.25, 0.3) is 0 Å². The van der Waals surface area contributed by atoms with Crippen LogP contribution < -0.4 is 0 Å². The summed E-state index contributed by atoms with van der Waals surface area (Å²) in [6.45, 7) is 4.25. The van der Waals surface area contributed by atoms with Gasteiger partial charge in [-0.15, -0.1) is 0 Å². The monoisotopic (exact) mass is 210 g/mol. The lowest BCUT2D eigenvalue weighted by molar-refractivity contribution is 0.414. The summed E-state index contributed by atoms with van der Waals surface area (Å²) >= 11 is 0. The molecule has 2 nitrogen and oxygen atoms in total. The van der Waals surface area contributed by atoms with Gasteiger partial charge in [-0.05, 0) is 18.8 Å². The van der Waals surface area contributed by atoms with Gasteiger partial charge >= 0.3 is 7.68 Å². The minimum atomic E-state index is -4.21. The molecule has 80 valence electrons. The van der Waals surface area contributed by atoms with Gasteiger partial charge in [-0.3, -0.25) is 4.57 Å². The first-order valence-electron chi connectivity index (χ1n) is 5.01. The van der Waals surface area contributed by atoms with Gasteiger partial charge in [-0.25, -0.2) is 0 Å². The lowest BCUT2D eigenvalue weighted by Gasteiger charge is -2.06. The molecule has 1 fully saturated rings. The second-order valence-corrected chi connectivity index (χ2v) is 5.25. The normalized spacial score (nSPS) is 21.8. The van der Waals surface area contributed by atoms with E-state index in [1.54, 1.807) is 0 Å². The molecule has 0 aromatic rings. The predicted molar refractivity (Wildman–Crippen MR) is 53.7 cm³/mol. The molecule has 1 rings (SSSR count). The van der Waals surface area contributed by atoms with E-state index in [0.29, 0.717) is 0 Å². The van der Waals surface area contributed by atoms with Crippen LogP contribution in [0.3, 0.4) is 0 Å². The highest BCUT2D eigenvalue weighted by Gasteiger charge is 2.25. The molecule has 1 aliphatic carbocycles. The SMILES string of the molecule is CCC.O=P(O)(F)CC1CCCC1. The third-order valence-electron chi connectivity index (χ3n) is 1.96. The molecule has 0 spiro atoms. The Morgan fingerprint density at radius 3 is 2.08 bits per heavy atom. The highest BCUT2D eigenvalue weighted by molar-refractivity contribution is 7.52. The van der Waals surface area contributed by atoms with Crippen molar-refractivity contribution in [2.45, 2.75) is 46.0 Å². The molecule has 0 saturated heterocycles. The van der Waals surface area contributed by atoms with Crippen LogP contribution in [0.1, 0.15) is 46.0 Å². The Hall–Kier alpha value is 0.120. The van der Waals surface area contributed by atoms with E-state index in [9.17, 15) is 8.76 Å². The van der Waals surface area contributed by atoms with E-state index in [2.05, 4.69) is 13.8 Å². The lowest BCUT2D eigenvalue weighted by atomic mass is 10.1. The fourth-order valence-electron chi connectivity index (χ4n) is 1.51. The molecule has 0 aromatic heterocycles. The van der Waals surface area contributed by atoms with Crippen LogP contribution in [-0.4, -0.2) is 11.1 Å². The molecule has 1 N–H and O–H groups in total. The Labute approximate surface area is 80.1 Å². The van der Waals surface area contributed by atoms with Crippen molar-refractivity contribution >= 4 is 7.68 Å². The van der Waals surface area contributed by atoms with Crippen LogP contribution in [0.4, 0.5) is 4.20 Å². The van der Waals surface area contributed by atoms with Crippen molar-refractivity contribution in [1.82, 2.24) is 0 Å². The van der Waals surface area contributed by atoms with Crippen molar-refractivity contribution in [3.8, 4) is 0 Å². The van der Waals surface area contributed by atoms with E-state index in [1.165, 1.54) is 6.42 Å². The van der Waals surface area contributed by atoms with Gasteiger partial charge in [-0.2, -0.15) is 4.20 Å². The Morgan fingerprint density at radius 1 is 1.38 bits per heavy atom. The van der Waals surface area contributed by atoms with Gasteiger partial charge in [-0.1, -0.05) is 33.1 Å². The van der Waals surface area contributed by atoms with E-state index in [-0.39, 0.29) is 12.1 Å². The van der Waals surface area contributed by atoms with E-state index < -0.39 is 7.68 Å². The maximum atomic E-state index is 12.2. The summed E-state index contributed by atoms with van der Waals surface area (Å²) in [5.41, 5.74) is 0. The summed E-state index contributed by atoms with van der Waals surface area (Å²) in [6.07, 6.45) is 5.16. The third-order valence-corrected chi connectivity index (χ3v) is 2.92. The Kier molecular flexibility index (Phi) is 6.62. The molecule has 1 aliphatic rings. The molecule has 0 aromatic carbocycles. The molecular formula is C9H20FO2P. The van der Waals surface area contributed by atoms with Gasteiger partial charge in [0.2, 0.25) is 0 Å². The maximum absolute atomic E-state index is 12.2. The lowest BCUT2D eigenvalue weighted by Crippen LogP contribution is -1.98. The molecule has 1 atom stereocenters. The summed E-state index contributed by atoms with van der Waals surface area (Å²) in [5.74, 6) is 0.167. The highest BCUT2D eigenvalue weighted by Crippen LogP contribution is 2.47. The third kappa shape index (κ3) is 8.45. The molecule has 0 heterocycles. The van der Waals surface area contributed by atoms with Crippen molar-refractivity contribution in [3.63, 3.8) is 0 Å². The first-order chi connectivity index (χ1) is 5.99. The van der Waals surface area contributed by atoms with Crippen LogP contribution in [0.25, 0.3) is 0 Å². The van der Waals surface area contributed by atoms with Crippen molar-refractivity contribution in [3.05, 3.63) is 0 Å². The molecule has 0 aliphatic heterocycles. The fourth-order valence-corrected chi connectivity index (χ4v) is 2.51. The zero-order valence-corrected chi connectivity index (χ0v) is 9.40. The van der Waals surface area contributed by atoms with Gasteiger partial charge in [0.05, 0.1) is 6.16 Å². The highest BCUT2D eigenvalue weighted by atomic mass is 31.2. The summed E-state index contributed by atoms with van der Waals surface area (Å²) in [6, 6.07) is 0. The molecule has 13 heavy (non-hydrogen) atoms. The minimum absolute atomic E-state index is 0.118. The zero-order chi connectivity index (χ0) is 10.3. The van der Waals surface area contributed by atoms with Crippen LogP contribution in [0, 0.1) is 5.92 Å². The smallest absolute Gasteiger partial charge is 0.321 e. The van der Waals surface area contributed by atoms with E-state index in [4.69, 9.17) is 4.89 Å². The van der Waals surface area contributed by atoms with Crippen molar-refractivity contribution in [2.75, 3.05) is 6.16 Å². The van der Waals surface area contributed by atoms with Crippen LogP contribution >= 0.6 is 7.68 Å². The molecule has 1 unspecified atom stereocenters. The number of hydrogen-bond acceptors (Lipinski definition) is 1. The van der Waals surface area contributed by atoms with Gasteiger partial charge in [0.1, 0.15) is 0 Å². The van der Waals surface area contributed by atoms with Crippen LogP contribution in [0.5, 0.6) is 0 Å². The Bertz CT molecular complexity index is 161. The van der Waals surface area contributed by atoms with Crippen molar-refractivity contribution < 1.29 is 13.7 Å². The Balaban J connectivity index is 0.000000424. The second kappa shape index (κ2) is 6.56. The minimum Gasteiger partial charge on any atom is -0.321 e. The largest absolute Gasteiger partial charge is 0.365 e. The molecule has 0 radical (unpaired) electrons. The fraction of sp³-hybridized carbons (Fsp3) is 1.00. The average molecular weight is 210 g/mol. The van der Waals surface area contributed by atoms with Crippen LogP contribution in [0.15, 0.2) is 0 Å². The first kappa shape index (κ1) is 13.1. The average Bonchev–Trinajstić information content (AvgIpc) is 2.37. The number of rotatable bonds is 2. The summed E-state index contributed by atoms with van der Waals surface area (Å²) in [7, 11) is -4.21. The summed E-state index contributed by atoms with van der Waals surface area (Å²) in [4.78, 5) is 8.37. The van der Waals surface area contributed by atoms with Crippen molar-refractivity contribution in [1.29, 1.82) is 0 Å².